The molecule has 112 valence electrons. The normalized spacial score (nSPS) is 11.3. The summed E-state index contributed by atoms with van der Waals surface area (Å²) in [5, 5.41) is 0. The number of nitrogen functional groups attached to an aromatic ring is 1. The minimum Gasteiger partial charge on any atom is -0.494 e. The van der Waals surface area contributed by atoms with E-state index in [4.69, 9.17) is 15.2 Å². The van der Waals surface area contributed by atoms with E-state index in [9.17, 15) is 17.6 Å². The quantitative estimate of drug-likeness (QED) is 0.681. The van der Waals surface area contributed by atoms with E-state index in [1.165, 1.54) is 13.2 Å². The Balaban J connectivity index is 2.26. The topological polar surface area (TPSA) is 44.5 Å². The first-order valence-electron chi connectivity index (χ1n) is 5.79. The number of benzene rings is 2. The van der Waals surface area contributed by atoms with Crippen molar-refractivity contribution in [3.8, 4) is 17.2 Å². The smallest absolute Gasteiger partial charge is 0.416 e. The lowest BCUT2D eigenvalue weighted by Gasteiger charge is -2.11. The van der Waals surface area contributed by atoms with Crippen LogP contribution in [0.4, 0.5) is 23.2 Å². The monoisotopic (exact) mass is 301 g/mol. The number of nitrogens with two attached hydrogens (primary N) is 1. The average Bonchev–Trinajstić information content (AvgIpc) is 2.41. The summed E-state index contributed by atoms with van der Waals surface area (Å²) < 4.78 is 61.1. The van der Waals surface area contributed by atoms with Gasteiger partial charge >= 0.3 is 6.18 Å². The van der Waals surface area contributed by atoms with Gasteiger partial charge in [0.25, 0.3) is 0 Å². The second-order valence-corrected chi connectivity index (χ2v) is 4.15. The minimum atomic E-state index is -4.44. The first-order chi connectivity index (χ1) is 9.81. The molecule has 2 aromatic rings. The van der Waals surface area contributed by atoms with Crippen LogP contribution in [0.5, 0.6) is 17.2 Å². The molecule has 0 saturated heterocycles. The summed E-state index contributed by atoms with van der Waals surface area (Å²) in [6.45, 7) is 0. The van der Waals surface area contributed by atoms with Crippen LogP contribution in [0.15, 0.2) is 36.4 Å². The SMILES string of the molecule is COc1cc(Oc2ccc(C(F)(F)F)cc2)c(F)cc1N. The molecule has 0 unspecified atom stereocenters. The fraction of sp³-hybridized carbons (Fsp3) is 0.143. The average molecular weight is 301 g/mol. The second-order valence-electron chi connectivity index (χ2n) is 4.15. The Kier molecular flexibility index (Phi) is 3.93. The first kappa shape index (κ1) is 15.0. The highest BCUT2D eigenvalue weighted by Gasteiger charge is 2.30. The molecule has 0 atom stereocenters. The van der Waals surface area contributed by atoms with Crippen molar-refractivity contribution in [2.75, 3.05) is 12.8 Å². The molecule has 7 heteroatoms. The standard InChI is InChI=1S/C14H11F4NO2/c1-20-13-7-12(10(15)6-11(13)19)21-9-4-2-8(3-5-9)14(16,17)18/h2-7H,19H2,1H3. The van der Waals surface area contributed by atoms with Crippen LogP contribution in [-0.4, -0.2) is 7.11 Å². The highest BCUT2D eigenvalue weighted by atomic mass is 19.4. The summed E-state index contributed by atoms with van der Waals surface area (Å²) in [6, 6.07) is 6.14. The molecule has 2 N–H and O–H groups in total. The van der Waals surface area contributed by atoms with E-state index in [-0.39, 0.29) is 22.9 Å². The summed E-state index contributed by atoms with van der Waals surface area (Å²) >= 11 is 0. The Morgan fingerprint density at radius 2 is 1.62 bits per heavy atom. The van der Waals surface area contributed by atoms with Crippen LogP contribution >= 0.6 is 0 Å². The third kappa shape index (κ3) is 3.36. The maximum atomic E-state index is 13.7. The van der Waals surface area contributed by atoms with E-state index in [0.717, 1.165) is 30.3 Å². The van der Waals surface area contributed by atoms with Gasteiger partial charge in [-0.05, 0) is 24.3 Å². The number of rotatable bonds is 3. The van der Waals surface area contributed by atoms with Gasteiger partial charge in [-0.1, -0.05) is 0 Å². The van der Waals surface area contributed by atoms with Gasteiger partial charge in [-0.25, -0.2) is 4.39 Å². The fourth-order valence-electron chi connectivity index (χ4n) is 1.64. The zero-order valence-electron chi connectivity index (χ0n) is 10.9. The highest BCUT2D eigenvalue weighted by Crippen LogP contribution is 2.34. The highest BCUT2D eigenvalue weighted by molar-refractivity contribution is 5.56. The molecule has 0 heterocycles. The van der Waals surface area contributed by atoms with Gasteiger partial charge in [-0.3, -0.25) is 0 Å². The third-order valence-corrected chi connectivity index (χ3v) is 2.69. The Bertz CT molecular complexity index is 639. The summed E-state index contributed by atoms with van der Waals surface area (Å²) in [6.07, 6.45) is -4.44. The molecular weight excluding hydrogens is 290 g/mol. The van der Waals surface area contributed by atoms with Crippen LogP contribution in [0.1, 0.15) is 5.56 Å². The summed E-state index contributed by atoms with van der Waals surface area (Å²) in [4.78, 5) is 0. The molecule has 0 fully saturated rings. The molecule has 0 aliphatic heterocycles. The summed E-state index contributed by atoms with van der Waals surface area (Å²) in [5.41, 5.74) is 4.79. The molecule has 2 rings (SSSR count). The van der Waals surface area contributed by atoms with Crippen molar-refractivity contribution in [1.29, 1.82) is 0 Å². The molecule has 21 heavy (non-hydrogen) atoms. The van der Waals surface area contributed by atoms with Crippen LogP contribution in [0, 0.1) is 5.82 Å². The van der Waals surface area contributed by atoms with Crippen molar-refractivity contribution in [2.45, 2.75) is 6.18 Å². The molecule has 0 aliphatic carbocycles. The molecule has 0 aliphatic rings. The molecule has 0 amide bonds. The first-order valence-corrected chi connectivity index (χ1v) is 5.79. The molecule has 0 aromatic heterocycles. The Labute approximate surface area is 117 Å². The van der Waals surface area contributed by atoms with Gasteiger partial charge in [-0.2, -0.15) is 13.2 Å². The molecule has 0 saturated carbocycles. The lowest BCUT2D eigenvalue weighted by atomic mass is 10.2. The Morgan fingerprint density at radius 1 is 1.00 bits per heavy atom. The van der Waals surface area contributed by atoms with Crippen LogP contribution in [0.3, 0.4) is 0 Å². The predicted octanol–water partition coefficient (Wildman–Crippen LogP) is 4.23. The van der Waals surface area contributed by atoms with Crippen LogP contribution in [-0.2, 0) is 6.18 Å². The maximum absolute atomic E-state index is 13.7. The molecular formula is C14H11F4NO2. The second kappa shape index (κ2) is 5.51. The van der Waals surface area contributed by atoms with Gasteiger partial charge in [-0.15, -0.1) is 0 Å². The van der Waals surface area contributed by atoms with Crippen molar-refractivity contribution >= 4 is 5.69 Å². The lowest BCUT2D eigenvalue weighted by molar-refractivity contribution is -0.137. The number of ether oxygens (including phenoxy) is 2. The van der Waals surface area contributed by atoms with Crippen molar-refractivity contribution in [2.24, 2.45) is 0 Å². The number of hydrogen-bond acceptors (Lipinski definition) is 3. The summed E-state index contributed by atoms with van der Waals surface area (Å²) in [5.74, 6) is -0.666. The number of alkyl halides is 3. The minimum absolute atomic E-state index is 0.0636. The van der Waals surface area contributed by atoms with Gasteiger partial charge < -0.3 is 15.2 Å². The van der Waals surface area contributed by atoms with Crippen molar-refractivity contribution in [1.82, 2.24) is 0 Å². The predicted molar refractivity (Wildman–Crippen MR) is 68.9 cm³/mol. The van der Waals surface area contributed by atoms with E-state index in [0.29, 0.717) is 0 Å². The zero-order valence-corrected chi connectivity index (χ0v) is 10.9. The number of hydrogen-bond donors (Lipinski definition) is 1. The van der Waals surface area contributed by atoms with Gasteiger partial charge in [0.15, 0.2) is 11.6 Å². The van der Waals surface area contributed by atoms with Crippen LogP contribution in [0.2, 0.25) is 0 Å². The molecule has 3 nitrogen and oxygen atoms in total. The molecule has 0 bridgehead atoms. The lowest BCUT2D eigenvalue weighted by Crippen LogP contribution is -2.04. The zero-order chi connectivity index (χ0) is 15.6. The van der Waals surface area contributed by atoms with Crippen molar-refractivity contribution < 1.29 is 27.0 Å². The van der Waals surface area contributed by atoms with E-state index in [1.54, 1.807) is 0 Å². The largest absolute Gasteiger partial charge is 0.494 e. The fourth-order valence-corrected chi connectivity index (χ4v) is 1.64. The Morgan fingerprint density at radius 3 is 2.14 bits per heavy atom. The van der Waals surface area contributed by atoms with Gasteiger partial charge in [0, 0.05) is 12.1 Å². The number of anilines is 1. The number of halogens is 4. The van der Waals surface area contributed by atoms with Crippen LogP contribution in [0.25, 0.3) is 0 Å². The van der Waals surface area contributed by atoms with Crippen molar-refractivity contribution in [3.63, 3.8) is 0 Å². The Hall–Kier alpha value is -2.44. The third-order valence-electron chi connectivity index (χ3n) is 2.69. The summed E-state index contributed by atoms with van der Waals surface area (Å²) in [7, 11) is 1.35. The van der Waals surface area contributed by atoms with E-state index in [2.05, 4.69) is 0 Å². The van der Waals surface area contributed by atoms with E-state index < -0.39 is 17.6 Å². The van der Waals surface area contributed by atoms with E-state index in [1.807, 2.05) is 0 Å². The molecule has 0 radical (unpaired) electrons. The van der Waals surface area contributed by atoms with Gasteiger partial charge in [0.1, 0.15) is 11.5 Å². The molecule has 2 aromatic carbocycles. The number of methoxy groups -OCH3 is 1. The van der Waals surface area contributed by atoms with Crippen LogP contribution < -0.4 is 15.2 Å². The van der Waals surface area contributed by atoms with E-state index >= 15 is 0 Å². The van der Waals surface area contributed by atoms with Gasteiger partial charge in [0.05, 0.1) is 18.4 Å². The maximum Gasteiger partial charge on any atom is 0.416 e. The van der Waals surface area contributed by atoms with Gasteiger partial charge in [0.2, 0.25) is 0 Å². The molecule has 0 spiro atoms. The van der Waals surface area contributed by atoms with Crippen molar-refractivity contribution in [3.05, 3.63) is 47.8 Å².